The number of phosphoric acid groups is 1. The van der Waals surface area contributed by atoms with Crippen LogP contribution in [0.15, 0.2) is 12.2 Å². The third kappa shape index (κ3) is 66.8. The Morgan fingerprint density at radius 1 is 0.415 bits per heavy atom. The molecule has 0 rings (SSSR count). The Kier molecular flexibility index (Phi) is 64.1. The fourth-order valence-electron chi connectivity index (χ4n) is 11.7. The van der Waals surface area contributed by atoms with Crippen molar-refractivity contribution in [3.8, 4) is 0 Å². The summed E-state index contributed by atoms with van der Waals surface area (Å²) < 4.78 is 23.5. The molecule has 9 heteroatoms. The molecule has 0 aromatic rings. The third-order valence-corrected chi connectivity index (χ3v) is 18.5. The van der Waals surface area contributed by atoms with E-state index in [0.29, 0.717) is 17.4 Å². The fourth-order valence-corrected chi connectivity index (χ4v) is 12.5. The standard InChI is InChI=1S/C73H147N2O6P/c1-6-8-10-12-14-16-18-20-22-24-26-28-30-32-34-36-37-39-41-43-45-47-49-51-53-55-57-59-61-63-65-67-73(77)74-71(70-81-82(78,79)80-69-68-75(3,4)5)72(76)66-64-62-60-58-56-54-52-50-48-46-44-42-40-38-35-33-31-29-27-25-23-21-19-17-15-13-11-9-7-2/h64,66,71-72,76H,6-63,65,67-70H2,1-5H3,(H-,74,77,78,79)/b66-64+. The van der Waals surface area contributed by atoms with Gasteiger partial charge in [-0.15, -0.1) is 0 Å². The molecule has 0 saturated carbocycles. The lowest BCUT2D eigenvalue weighted by molar-refractivity contribution is -0.870. The Balaban J connectivity index is 3.99. The molecule has 0 bridgehead atoms. The maximum absolute atomic E-state index is 13.1. The van der Waals surface area contributed by atoms with Crippen LogP contribution in [0.3, 0.4) is 0 Å². The number of phosphoric ester groups is 1. The van der Waals surface area contributed by atoms with Gasteiger partial charge in [-0.05, 0) is 19.3 Å². The van der Waals surface area contributed by atoms with E-state index >= 15 is 0 Å². The van der Waals surface area contributed by atoms with Gasteiger partial charge in [0, 0.05) is 6.42 Å². The van der Waals surface area contributed by atoms with E-state index in [9.17, 15) is 19.4 Å². The van der Waals surface area contributed by atoms with Gasteiger partial charge in [-0.1, -0.05) is 386 Å². The Bertz CT molecular complexity index is 1340. The summed E-state index contributed by atoms with van der Waals surface area (Å²) >= 11 is 0. The highest BCUT2D eigenvalue weighted by Gasteiger charge is 2.23. The van der Waals surface area contributed by atoms with Crippen molar-refractivity contribution in [3.63, 3.8) is 0 Å². The lowest BCUT2D eigenvalue weighted by Crippen LogP contribution is -2.45. The van der Waals surface area contributed by atoms with Crippen LogP contribution in [0.2, 0.25) is 0 Å². The van der Waals surface area contributed by atoms with Gasteiger partial charge >= 0.3 is 0 Å². The van der Waals surface area contributed by atoms with Crippen LogP contribution in [-0.4, -0.2) is 68.5 Å². The lowest BCUT2D eigenvalue weighted by atomic mass is 10.0. The highest BCUT2D eigenvalue weighted by molar-refractivity contribution is 7.45. The molecule has 0 aromatic carbocycles. The van der Waals surface area contributed by atoms with Crippen molar-refractivity contribution < 1.29 is 32.9 Å². The number of nitrogens with one attached hydrogen (secondary N) is 1. The summed E-state index contributed by atoms with van der Waals surface area (Å²) in [4.78, 5) is 25.7. The quantitative estimate of drug-likeness (QED) is 0.0272. The van der Waals surface area contributed by atoms with Crippen molar-refractivity contribution in [2.45, 2.75) is 411 Å². The van der Waals surface area contributed by atoms with Crippen LogP contribution >= 0.6 is 7.82 Å². The van der Waals surface area contributed by atoms with Gasteiger partial charge in [0.05, 0.1) is 39.9 Å². The second-order valence-electron chi connectivity index (χ2n) is 27.0. The number of aliphatic hydroxyl groups is 1. The van der Waals surface area contributed by atoms with Gasteiger partial charge in [0.15, 0.2) is 0 Å². The van der Waals surface area contributed by atoms with E-state index < -0.39 is 20.0 Å². The number of carbonyl (C=O) groups is 1. The Hall–Kier alpha value is -0.760. The zero-order valence-electron chi connectivity index (χ0n) is 56.2. The molecule has 0 aromatic heterocycles. The van der Waals surface area contributed by atoms with Crippen LogP contribution in [0.25, 0.3) is 0 Å². The number of nitrogens with zero attached hydrogens (tertiary/aromatic N) is 1. The Labute approximate surface area is 513 Å². The molecule has 0 heterocycles. The fraction of sp³-hybridized carbons (Fsp3) is 0.959. The van der Waals surface area contributed by atoms with E-state index in [1.54, 1.807) is 6.08 Å². The average molecular weight is 1180 g/mol. The Morgan fingerprint density at radius 2 is 0.659 bits per heavy atom. The summed E-state index contributed by atoms with van der Waals surface area (Å²) in [6.07, 6.45) is 83.5. The number of carbonyl (C=O) groups excluding carboxylic acids is 1. The van der Waals surface area contributed by atoms with Crippen LogP contribution in [0.5, 0.6) is 0 Å². The zero-order chi connectivity index (χ0) is 59.8. The van der Waals surface area contributed by atoms with Crippen molar-refractivity contribution in [2.75, 3.05) is 40.9 Å². The van der Waals surface area contributed by atoms with Crippen LogP contribution in [0, 0.1) is 0 Å². The maximum atomic E-state index is 13.1. The molecule has 0 fully saturated rings. The number of allylic oxidation sites excluding steroid dienone is 1. The zero-order valence-corrected chi connectivity index (χ0v) is 57.1. The first kappa shape index (κ1) is 81.2. The van der Waals surface area contributed by atoms with E-state index in [4.69, 9.17) is 9.05 Å². The van der Waals surface area contributed by atoms with E-state index in [0.717, 1.165) is 38.5 Å². The van der Waals surface area contributed by atoms with Crippen LogP contribution in [0.4, 0.5) is 0 Å². The number of aliphatic hydroxyl groups excluding tert-OH is 1. The number of amides is 1. The molecule has 3 atom stereocenters. The molecular weight excluding hydrogens is 1030 g/mol. The normalized spacial score (nSPS) is 13.6. The molecule has 8 nitrogen and oxygen atoms in total. The smallest absolute Gasteiger partial charge is 0.268 e. The molecule has 0 aliphatic rings. The number of likely N-dealkylation sites (N-methyl/N-ethyl adjacent to an activating group) is 1. The summed E-state index contributed by atoms with van der Waals surface area (Å²) in [6, 6.07) is -0.884. The molecule has 82 heavy (non-hydrogen) atoms. The molecule has 1 amide bonds. The minimum Gasteiger partial charge on any atom is -0.756 e. The number of rotatable bonds is 70. The first-order valence-electron chi connectivity index (χ1n) is 37.1. The predicted molar refractivity (Wildman–Crippen MR) is 358 cm³/mol. The van der Waals surface area contributed by atoms with Gasteiger partial charge < -0.3 is 28.8 Å². The van der Waals surface area contributed by atoms with Crippen molar-refractivity contribution >= 4 is 13.7 Å². The lowest BCUT2D eigenvalue weighted by Gasteiger charge is -2.29. The van der Waals surface area contributed by atoms with Crippen LogP contribution in [-0.2, 0) is 18.4 Å². The number of hydrogen-bond donors (Lipinski definition) is 2. The third-order valence-electron chi connectivity index (χ3n) is 17.5. The molecular formula is C73H147N2O6P. The summed E-state index contributed by atoms with van der Waals surface area (Å²) in [7, 11) is 1.29. The molecule has 2 N–H and O–H groups in total. The molecule has 0 saturated heterocycles. The van der Waals surface area contributed by atoms with Gasteiger partial charge in [0.1, 0.15) is 13.2 Å². The Morgan fingerprint density at radius 3 is 0.915 bits per heavy atom. The van der Waals surface area contributed by atoms with Gasteiger partial charge in [-0.2, -0.15) is 0 Å². The minimum atomic E-state index is -4.60. The number of unbranched alkanes of at least 4 members (excludes halogenated alkanes) is 57. The highest BCUT2D eigenvalue weighted by atomic mass is 31.2. The van der Waals surface area contributed by atoms with Crippen molar-refractivity contribution in [1.82, 2.24) is 5.32 Å². The summed E-state index contributed by atoms with van der Waals surface area (Å²) in [5, 5.41) is 14.0. The molecule has 490 valence electrons. The van der Waals surface area contributed by atoms with Crippen molar-refractivity contribution in [2.24, 2.45) is 0 Å². The summed E-state index contributed by atoms with van der Waals surface area (Å²) in [5.74, 6) is -0.186. The van der Waals surface area contributed by atoms with E-state index in [2.05, 4.69) is 19.2 Å². The summed E-state index contributed by atoms with van der Waals surface area (Å²) in [6.45, 7) is 4.73. The molecule has 0 aliphatic carbocycles. The van der Waals surface area contributed by atoms with Crippen LogP contribution in [0.1, 0.15) is 399 Å². The minimum absolute atomic E-state index is 0.00309. The van der Waals surface area contributed by atoms with Crippen molar-refractivity contribution in [3.05, 3.63) is 12.2 Å². The maximum Gasteiger partial charge on any atom is 0.268 e. The van der Waals surface area contributed by atoms with E-state index in [1.807, 2.05) is 27.2 Å². The first-order chi connectivity index (χ1) is 40.0. The van der Waals surface area contributed by atoms with Crippen molar-refractivity contribution in [1.29, 1.82) is 0 Å². The van der Waals surface area contributed by atoms with Gasteiger partial charge in [-0.3, -0.25) is 9.36 Å². The first-order valence-corrected chi connectivity index (χ1v) is 38.5. The molecule has 3 unspecified atom stereocenters. The van der Waals surface area contributed by atoms with Gasteiger partial charge in [0.25, 0.3) is 7.82 Å². The highest BCUT2D eigenvalue weighted by Crippen LogP contribution is 2.38. The predicted octanol–water partition coefficient (Wildman–Crippen LogP) is 23.0. The molecule has 0 radical (unpaired) electrons. The number of quaternary nitrogens is 1. The number of hydrogen-bond acceptors (Lipinski definition) is 6. The summed E-state index contributed by atoms with van der Waals surface area (Å²) in [5.41, 5.74) is 0. The molecule has 0 aliphatic heterocycles. The van der Waals surface area contributed by atoms with Gasteiger partial charge in [0.2, 0.25) is 5.91 Å². The van der Waals surface area contributed by atoms with Gasteiger partial charge in [-0.25, -0.2) is 0 Å². The topological polar surface area (TPSA) is 108 Å². The molecule has 0 spiro atoms. The second kappa shape index (κ2) is 64.7. The van der Waals surface area contributed by atoms with Crippen LogP contribution < -0.4 is 10.2 Å². The monoisotopic (exact) mass is 1180 g/mol. The van der Waals surface area contributed by atoms with E-state index in [1.165, 1.54) is 340 Å². The second-order valence-corrected chi connectivity index (χ2v) is 28.4. The SMILES string of the molecule is CCCCCCCCCCCCCCCCCCCCCCCCCCCCC/C=C/C(O)C(COP(=O)([O-])OCC[N+](C)(C)C)NC(=O)CCCCCCCCCCCCCCCCCCCCCCCCCCCCCCCCC. The average Bonchev–Trinajstić information content (AvgIpc) is 3.47. The largest absolute Gasteiger partial charge is 0.756 e. The van der Waals surface area contributed by atoms with E-state index in [-0.39, 0.29) is 19.1 Å².